The highest BCUT2D eigenvalue weighted by Gasteiger charge is 2.37. The minimum Gasteiger partial charge on any atom is -0.461 e. The summed E-state index contributed by atoms with van der Waals surface area (Å²) in [5.74, 6) is -0.407. The average molecular weight is 361 g/mol. The Morgan fingerprint density at radius 3 is 2.64 bits per heavy atom. The molecule has 0 aliphatic heterocycles. The lowest BCUT2D eigenvalue weighted by Crippen LogP contribution is -2.14. The average Bonchev–Trinajstić information content (AvgIpc) is 3.32. The monoisotopic (exact) mass is 361 g/mol. The lowest BCUT2D eigenvalue weighted by molar-refractivity contribution is 0.0512. The minimum absolute atomic E-state index is 0.0729. The van der Waals surface area contributed by atoms with E-state index in [-0.39, 0.29) is 29.6 Å². The molecule has 132 valence electrons. The first-order valence-electron chi connectivity index (χ1n) is 8.09. The molecular weight excluding hydrogens is 342 g/mol. The maximum Gasteiger partial charge on any atom is 0.361 e. The Bertz CT molecular complexity index is 866. The van der Waals surface area contributed by atoms with Crippen molar-refractivity contribution in [2.75, 3.05) is 12.9 Å². The molecule has 3 rings (SSSR count). The Morgan fingerprint density at radius 1 is 1.36 bits per heavy atom. The molecule has 1 unspecified atom stereocenters. The van der Waals surface area contributed by atoms with Crippen molar-refractivity contribution in [1.29, 1.82) is 0 Å². The van der Waals surface area contributed by atoms with Gasteiger partial charge in [0.15, 0.2) is 11.5 Å². The molecule has 1 aromatic carbocycles. The summed E-state index contributed by atoms with van der Waals surface area (Å²) >= 11 is 0. The third-order valence-corrected chi connectivity index (χ3v) is 5.05. The molecule has 0 saturated heterocycles. The molecule has 2 aromatic rings. The van der Waals surface area contributed by atoms with E-state index in [1.165, 1.54) is 0 Å². The Morgan fingerprint density at radius 2 is 2.08 bits per heavy atom. The van der Waals surface area contributed by atoms with Crippen LogP contribution in [0.5, 0.6) is 0 Å². The summed E-state index contributed by atoms with van der Waals surface area (Å²) in [6.45, 7) is 3.65. The number of esters is 1. The number of hydrogen-bond acceptors (Lipinski definition) is 6. The molecule has 1 aliphatic carbocycles. The Kier molecular flexibility index (Phi) is 4.85. The third kappa shape index (κ3) is 3.42. The summed E-state index contributed by atoms with van der Waals surface area (Å²) in [6.07, 6.45) is 3.40. The van der Waals surface area contributed by atoms with Crippen LogP contribution in [0.3, 0.4) is 0 Å². The fraction of sp³-hybridized carbons (Fsp3) is 0.389. The second kappa shape index (κ2) is 6.92. The summed E-state index contributed by atoms with van der Waals surface area (Å²) in [7, 11) is -1.13. The Hall–Kier alpha value is -2.28. The number of benzene rings is 1. The van der Waals surface area contributed by atoms with Crippen LogP contribution in [0.1, 0.15) is 63.4 Å². The third-order valence-electron chi connectivity index (χ3n) is 4.14. The van der Waals surface area contributed by atoms with Crippen molar-refractivity contribution in [3.05, 3.63) is 46.3 Å². The number of carbonyl (C=O) groups excluding carboxylic acids is 2. The highest BCUT2D eigenvalue weighted by atomic mass is 32.2. The van der Waals surface area contributed by atoms with Gasteiger partial charge in [0.05, 0.1) is 6.61 Å². The lowest BCUT2D eigenvalue weighted by atomic mass is 9.96. The van der Waals surface area contributed by atoms with Crippen molar-refractivity contribution in [1.82, 2.24) is 5.16 Å². The van der Waals surface area contributed by atoms with Crippen LogP contribution in [0.25, 0.3) is 0 Å². The fourth-order valence-electron chi connectivity index (χ4n) is 2.69. The fourth-order valence-corrected chi connectivity index (χ4v) is 3.29. The van der Waals surface area contributed by atoms with Gasteiger partial charge in [-0.1, -0.05) is 5.16 Å². The van der Waals surface area contributed by atoms with E-state index in [0.29, 0.717) is 21.8 Å². The van der Waals surface area contributed by atoms with Crippen LogP contribution in [-0.4, -0.2) is 34.0 Å². The predicted octanol–water partition coefficient (Wildman–Crippen LogP) is 3.01. The van der Waals surface area contributed by atoms with Crippen LogP contribution in [0.15, 0.2) is 27.6 Å². The SMILES string of the molecule is CCOC(=O)c1noc(C2CC2)c1C(=O)c1ccc(S(C)=O)cc1C. The van der Waals surface area contributed by atoms with E-state index in [1.54, 1.807) is 38.3 Å². The van der Waals surface area contributed by atoms with E-state index in [0.717, 1.165) is 12.8 Å². The summed E-state index contributed by atoms with van der Waals surface area (Å²) in [4.78, 5) is 25.9. The maximum atomic E-state index is 13.1. The molecule has 0 radical (unpaired) electrons. The molecule has 0 spiro atoms. The highest BCUT2D eigenvalue weighted by Crippen LogP contribution is 2.43. The van der Waals surface area contributed by atoms with Gasteiger partial charge in [0.2, 0.25) is 5.69 Å². The molecule has 1 heterocycles. The van der Waals surface area contributed by atoms with Crippen LogP contribution in [0, 0.1) is 6.92 Å². The second-order valence-electron chi connectivity index (χ2n) is 6.03. The van der Waals surface area contributed by atoms with E-state index < -0.39 is 16.8 Å². The molecule has 6 nitrogen and oxygen atoms in total. The molecule has 0 N–H and O–H groups in total. The van der Waals surface area contributed by atoms with Gasteiger partial charge in [0, 0.05) is 33.4 Å². The van der Waals surface area contributed by atoms with Crippen molar-refractivity contribution < 1.29 is 23.1 Å². The van der Waals surface area contributed by atoms with Gasteiger partial charge >= 0.3 is 5.97 Å². The summed E-state index contributed by atoms with van der Waals surface area (Å²) in [5, 5.41) is 3.80. The number of aryl methyl sites for hydroxylation is 1. The largest absolute Gasteiger partial charge is 0.461 e. The van der Waals surface area contributed by atoms with Gasteiger partial charge in [0.1, 0.15) is 5.56 Å². The van der Waals surface area contributed by atoms with Crippen LogP contribution in [-0.2, 0) is 15.5 Å². The number of carbonyl (C=O) groups is 2. The topological polar surface area (TPSA) is 86.5 Å². The highest BCUT2D eigenvalue weighted by molar-refractivity contribution is 7.84. The van der Waals surface area contributed by atoms with Gasteiger partial charge in [-0.05, 0) is 50.5 Å². The van der Waals surface area contributed by atoms with E-state index >= 15 is 0 Å². The molecule has 7 heteroatoms. The Labute approximate surface area is 148 Å². The van der Waals surface area contributed by atoms with Crippen LogP contribution >= 0.6 is 0 Å². The lowest BCUT2D eigenvalue weighted by Gasteiger charge is -2.08. The van der Waals surface area contributed by atoms with E-state index in [1.807, 2.05) is 0 Å². The van der Waals surface area contributed by atoms with E-state index in [4.69, 9.17) is 9.26 Å². The molecule has 0 bridgehead atoms. The van der Waals surface area contributed by atoms with Gasteiger partial charge < -0.3 is 9.26 Å². The summed E-state index contributed by atoms with van der Waals surface area (Å²) in [6, 6.07) is 5.01. The predicted molar refractivity (Wildman–Crippen MR) is 91.4 cm³/mol. The first-order valence-corrected chi connectivity index (χ1v) is 9.65. The van der Waals surface area contributed by atoms with Gasteiger partial charge in [-0.3, -0.25) is 9.00 Å². The van der Waals surface area contributed by atoms with Crippen molar-refractivity contribution in [2.24, 2.45) is 0 Å². The molecule has 1 atom stereocenters. The van der Waals surface area contributed by atoms with Crippen LogP contribution < -0.4 is 0 Å². The maximum absolute atomic E-state index is 13.1. The molecule has 1 aromatic heterocycles. The molecule has 1 aliphatic rings. The van der Waals surface area contributed by atoms with Crippen molar-refractivity contribution in [2.45, 2.75) is 37.5 Å². The molecule has 1 saturated carbocycles. The number of ether oxygens (including phenoxy) is 1. The van der Waals surface area contributed by atoms with Crippen molar-refractivity contribution in [3.63, 3.8) is 0 Å². The quantitative estimate of drug-likeness (QED) is 0.581. The zero-order valence-electron chi connectivity index (χ0n) is 14.3. The molecule has 0 amide bonds. The number of nitrogens with zero attached hydrogens (tertiary/aromatic N) is 1. The van der Waals surface area contributed by atoms with Gasteiger partial charge in [-0.15, -0.1) is 0 Å². The number of hydrogen-bond donors (Lipinski definition) is 0. The van der Waals surface area contributed by atoms with Crippen LogP contribution in [0.4, 0.5) is 0 Å². The smallest absolute Gasteiger partial charge is 0.361 e. The van der Waals surface area contributed by atoms with E-state index in [9.17, 15) is 13.8 Å². The zero-order chi connectivity index (χ0) is 18.1. The number of rotatable bonds is 6. The van der Waals surface area contributed by atoms with Gasteiger partial charge in [0.25, 0.3) is 0 Å². The minimum atomic E-state index is -1.13. The standard InChI is InChI=1S/C18H19NO5S/c1-4-23-18(21)15-14(17(24-19-15)11-5-6-11)16(20)13-8-7-12(25(3)22)9-10(13)2/h7-9,11H,4-6H2,1-3H3. The number of ketones is 1. The zero-order valence-corrected chi connectivity index (χ0v) is 15.1. The summed E-state index contributed by atoms with van der Waals surface area (Å²) in [5.41, 5.74) is 1.24. The van der Waals surface area contributed by atoms with Crippen molar-refractivity contribution >= 4 is 22.6 Å². The molecule has 25 heavy (non-hydrogen) atoms. The van der Waals surface area contributed by atoms with Gasteiger partial charge in [-0.25, -0.2) is 4.79 Å². The normalized spacial score (nSPS) is 15.0. The van der Waals surface area contributed by atoms with Gasteiger partial charge in [-0.2, -0.15) is 0 Å². The second-order valence-corrected chi connectivity index (χ2v) is 7.40. The first kappa shape index (κ1) is 17.5. The Balaban J connectivity index is 2.06. The first-order chi connectivity index (χ1) is 11.9. The molecular formula is C18H19NO5S. The van der Waals surface area contributed by atoms with Crippen LogP contribution in [0.2, 0.25) is 0 Å². The molecule has 1 fully saturated rings. The van der Waals surface area contributed by atoms with Crippen molar-refractivity contribution in [3.8, 4) is 0 Å². The summed E-state index contributed by atoms with van der Waals surface area (Å²) < 4.78 is 21.9. The number of aromatic nitrogens is 1. The van der Waals surface area contributed by atoms with E-state index in [2.05, 4.69) is 5.16 Å².